The van der Waals surface area contributed by atoms with E-state index < -0.39 is 18.0 Å². The molecule has 15 nitrogen and oxygen atoms in total. The molecule has 0 saturated heterocycles. The number of amides is 4. The summed E-state index contributed by atoms with van der Waals surface area (Å²) in [6, 6.07) is 26.6. The van der Waals surface area contributed by atoms with E-state index >= 15 is 0 Å². The number of benzene rings is 5. The zero-order valence-electron chi connectivity index (χ0n) is 36.9. The van der Waals surface area contributed by atoms with Gasteiger partial charge in [-0.15, -0.1) is 0 Å². The minimum absolute atomic E-state index is 0.0348. The average Bonchev–Trinajstić information content (AvgIpc) is 3.80. The molecule has 65 heavy (non-hydrogen) atoms. The standard InChI is InChI=1S/C50H51N7O8/c1-6-51-28(2)47(58)54-29(3)48(59)55-34-16-30(26-64-45-22-39-37(20-43(45)62-4)49(60)56-35(24-52-39)18-32-11-7-9-13-41(32)56)15-31(17-34)27-65-46-23-40-38(21-44(46)63-5)50(61)57-36(25-53-40)19-33-12-8-10-14-42(33)57/h7-17,20-24,28-29,35-36,51,53H,6,18-19,25-27H2,1-5H3,(H,54,58)(H,55,59)/t28-,29-,35-,36-/m0/s1. The smallest absolute Gasteiger partial charge is 0.261 e. The van der Waals surface area contributed by atoms with Gasteiger partial charge in [0.05, 0.1) is 54.8 Å². The Bertz CT molecular complexity index is 2740. The van der Waals surface area contributed by atoms with Gasteiger partial charge in [-0.25, -0.2) is 0 Å². The molecule has 0 aliphatic carbocycles. The molecule has 9 rings (SSSR count). The van der Waals surface area contributed by atoms with Crippen LogP contribution in [0.3, 0.4) is 0 Å². The predicted molar refractivity (Wildman–Crippen MR) is 249 cm³/mol. The van der Waals surface area contributed by atoms with E-state index in [-0.39, 0.29) is 43.0 Å². The van der Waals surface area contributed by atoms with Crippen LogP contribution < -0.4 is 50.0 Å². The third-order valence-electron chi connectivity index (χ3n) is 12.2. The van der Waals surface area contributed by atoms with Crippen molar-refractivity contribution in [3.05, 3.63) is 124 Å². The second-order valence-corrected chi connectivity index (χ2v) is 16.6. The van der Waals surface area contributed by atoms with Gasteiger partial charge >= 0.3 is 0 Å². The van der Waals surface area contributed by atoms with Crippen molar-refractivity contribution in [3.8, 4) is 23.0 Å². The molecule has 4 aliphatic heterocycles. The summed E-state index contributed by atoms with van der Waals surface area (Å²) in [6.45, 7) is 6.51. The Morgan fingerprint density at radius 3 is 2.03 bits per heavy atom. The monoisotopic (exact) mass is 877 g/mol. The first-order valence-electron chi connectivity index (χ1n) is 21.8. The lowest BCUT2D eigenvalue weighted by Crippen LogP contribution is -2.49. The molecule has 5 aromatic carbocycles. The molecule has 334 valence electrons. The Kier molecular flexibility index (Phi) is 11.9. The summed E-state index contributed by atoms with van der Waals surface area (Å²) >= 11 is 0. The number of nitrogens with one attached hydrogen (secondary N) is 4. The molecule has 5 aromatic rings. The zero-order valence-corrected chi connectivity index (χ0v) is 36.9. The molecule has 0 fully saturated rings. The number of nitrogens with zero attached hydrogens (tertiary/aromatic N) is 3. The number of hydrogen-bond donors (Lipinski definition) is 4. The maximum Gasteiger partial charge on any atom is 0.261 e. The molecule has 0 saturated carbocycles. The third kappa shape index (κ3) is 8.42. The maximum atomic E-state index is 14.0. The third-order valence-corrected chi connectivity index (χ3v) is 12.2. The van der Waals surface area contributed by atoms with E-state index in [1.54, 1.807) is 61.4 Å². The van der Waals surface area contributed by atoms with Crippen LogP contribution in [0.4, 0.5) is 28.4 Å². The van der Waals surface area contributed by atoms with Gasteiger partial charge in [0.15, 0.2) is 23.0 Å². The summed E-state index contributed by atoms with van der Waals surface area (Å²) < 4.78 is 24.4. The van der Waals surface area contributed by atoms with Gasteiger partial charge in [-0.1, -0.05) is 43.3 Å². The van der Waals surface area contributed by atoms with Crippen molar-refractivity contribution in [3.63, 3.8) is 0 Å². The minimum Gasteiger partial charge on any atom is -0.493 e. The normalized spacial score (nSPS) is 17.4. The van der Waals surface area contributed by atoms with E-state index in [4.69, 9.17) is 23.9 Å². The topological polar surface area (TPSA) is 172 Å². The van der Waals surface area contributed by atoms with Crippen LogP contribution in [-0.4, -0.2) is 81.3 Å². The first-order valence-corrected chi connectivity index (χ1v) is 21.8. The van der Waals surface area contributed by atoms with Crippen LogP contribution in [0.25, 0.3) is 0 Å². The number of fused-ring (bicyclic) bond motifs is 8. The van der Waals surface area contributed by atoms with E-state index in [2.05, 4.69) is 27.3 Å². The number of ether oxygens (including phenoxy) is 4. The van der Waals surface area contributed by atoms with E-state index in [9.17, 15) is 19.2 Å². The summed E-state index contributed by atoms with van der Waals surface area (Å²) in [5.41, 5.74) is 7.79. The quantitative estimate of drug-likeness (QED) is 0.0955. The van der Waals surface area contributed by atoms with Crippen molar-refractivity contribution >= 4 is 58.3 Å². The van der Waals surface area contributed by atoms with Gasteiger partial charge in [-0.3, -0.25) is 29.1 Å². The lowest BCUT2D eigenvalue weighted by molar-refractivity contribution is -0.127. The maximum absolute atomic E-state index is 14.0. The van der Waals surface area contributed by atoms with Crippen molar-refractivity contribution in [1.82, 2.24) is 10.6 Å². The largest absolute Gasteiger partial charge is 0.493 e. The Labute approximate surface area is 377 Å². The number of aliphatic imine (C=N–C) groups is 1. The molecule has 4 aliphatic rings. The molecule has 4 N–H and O–H groups in total. The molecule has 15 heteroatoms. The van der Waals surface area contributed by atoms with Crippen molar-refractivity contribution in [2.24, 2.45) is 4.99 Å². The molecule has 0 spiro atoms. The highest BCUT2D eigenvalue weighted by molar-refractivity contribution is 6.15. The molecular weight excluding hydrogens is 827 g/mol. The number of anilines is 4. The highest BCUT2D eigenvalue weighted by atomic mass is 16.5. The average molecular weight is 878 g/mol. The van der Waals surface area contributed by atoms with E-state index in [0.717, 1.165) is 28.9 Å². The summed E-state index contributed by atoms with van der Waals surface area (Å²) in [4.78, 5) is 62.7. The molecule has 4 amide bonds. The highest BCUT2D eigenvalue weighted by Gasteiger charge is 2.39. The Morgan fingerprint density at radius 1 is 0.738 bits per heavy atom. The van der Waals surface area contributed by atoms with Crippen LogP contribution in [0.2, 0.25) is 0 Å². The molecule has 4 heterocycles. The fourth-order valence-corrected chi connectivity index (χ4v) is 8.98. The zero-order chi connectivity index (χ0) is 45.4. The summed E-state index contributed by atoms with van der Waals surface area (Å²) in [5.74, 6) is 0.523. The van der Waals surface area contributed by atoms with Crippen LogP contribution >= 0.6 is 0 Å². The lowest BCUT2D eigenvalue weighted by atomic mass is 10.1. The van der Waals surface area contributed by atoms with Crippen molar-refractivity contribution in [1.29, 1.82) is 0 Å². The number of methoxy groups -OCH3 is 2. The Balaban J connectivity index is 0.974. The fraction of sp³-hybridized carbons (Fsp3) is 0.300. The summed E-state index contributed by atoms with van der Waals surface area (Å²) in [5, 5.41) is 12.3. The highest BCUT2D eigenvalue weighted by Crippen LogP contribution is 2.43. The van der Waals surface area contributed by atoms with Crippen LogP contribution in [-0.2, 0) is 35.6 Å². The van der Waals surface area contributed by atoms with Crippen LogP contribution in [0.1, 0.15) is 63.7 Å². The van der Waals surface area contributed by atoms with Gasteiger partial charge in [0, 0.05) is 48.4 Å². The number of para-hydroxylation sites is 2. The van der Waals surface area contributed by atoms with Gasteiger partial charge in [0.25, 0.3) is 11.8 Å². The van der Waals surface area contributed by atoms with Crippen LogP contribution in [0.15, 0.2) is 96.0 Å². The summed E-state index contributed by atoms with van der Waals surface area (Å²) in [7, 11) is 3.05. The second-order valence-electron chi connectivity index (χ2n) is 16.6. The molecule has 0 unspecified atom stereocenters. The number of likely N-dealkylation sites (N-methyl/N-ethyl adjacent to an activating group) is 1. The van der Waals surface area contributed by atoms with Crippen LogP contribution in [0, 0.1) is 0 Å². The second kappa shape index (κ2) is 18.0. The van der Waals surface area contributed by atoms with Crippen molar-refractivity contribution < 1.29 is 38.1 Å². The van der Waals surface area contributed by atoms with E-state index in [0.29, 0.717) is 81.8 Å². The van der Waals surface area contributed by atoms with E-state index in [1.165, 1.54) is 14.2 Å². The van der Waals surface area contributed by atoms with E-state index in [1.807, 2.05) is 60.4 Å². The van der Waals surface area contributed by atoms with Crippen molar-refractivity contribution in [2.75, 3.05) is 47.7 Å². The first-order chi connectivity index (χ1) is 31.5. The Morgan fingerprint density at radius 2 is 1.35 bits per heavy atom. The SMILES string of the molecule is CCN[C@@H](C)C(=O)N[C@@H](C)C(=O)Nc1cc(COc2cc3c(cc2OC)C(=O)N2c4ccccc4C[C@H]2C=N3)cc(COc2cc3c(cc2OC)C(=O)N2c4ccccc4C[C@H]2CN3)c1. The number of rotatable bonds is 14. The minimum atomic E-state index is -0.844. The number of hydrogen-bond acceptors (Lipinski definition) is 11. The lowest BCUT2D eigenvalue weighted by Gasteiger charge is -2.22. The molecule has 0 radical (unpaired) electrons. The molecule has 0 aromatic heterocycles. The molecule has 0 bridgehead atoms. The molecule has 4 atom stereocenters. The van der Waals surface area contributed by atoms with Gasteiger partial charge in [-0.05, 0) is 91.5 Å². The van der Waals surface area contributed by atoms with Gasteiger partial charge in [0.1, 0.15) is 19.3 Å². The van der Waals surface area contributed by atoms with Crippen molar-refractivity contribution in [2.45, 2.75) is 71.0 Å². The fourth-order valence-electron chi connectivity index (χ4n) is 8.98. The summed E-state index contributed by atoms with van der Waals surface area (Å²) in [6.07, 6.45) is 3.23. The van der Waals surface area contributed by atoms with Gasteiger partial charge in [0.2, 0.25) is 11.8 Å². The predicted octanol–water partition coefficient (Wildman–Crippen LogP) is 6.59. The van der Waals surface area contributed by atoms with Gasteiger partial charge < -0.3 is 45.1 Å². The van der Waals surface area contributed by atoms with Crippen LogP contribution in [0.5, 0.6) is 23.0 Å². The van der Waals surface area contributed by atoms with Gasteiger partial charge in [-0.2, -0.15) is 0 Å². The number of carbonyl (C=O) groups excluding carboxylic acids is 4. The Hall–Kier alpha value is -7.39. The number of carbonyl (C=O) groups is 4. The molecular formula is C50H51N7O8. The first kappa shape index (κ1) is 42.9.